The van der Waals surface area contributed by atoms with Crippen LogP contribution in [0.1, 0.15) is 47.1 Å². The summed E-state index contributed by atoms with van der Waals surface area (Å²) in [5.41, 5.74) is 2.65. The molecule has 0 unspecified atom stereocenters. The van der Waals surface area contributed by atoms with Crippen LogP contribution in [0, 0.1) is 0 Å². The molecule has 4 aromatic rings. The van der Waals surface area contributed by atoms with E-state index in [0.717, 1.165) is 53.0 Å². The zero-order valence-electron chi connectivity index (χ0n) is 20.6. The van der Waals surface area contributed by atoms with E-state index in [4.69, 9.17) is 9.15 Å². The number of nitrogens with one attached hydrogen (secondary N) is 3. The van der Waals surface area contributed by atoms with E-state index in [1.807, 2.05) is 54.6 Å². The maximum atomic E-state index is 13.3. The monoisotopic (exact) mass is 574 g/mol. The van der Waals surface area contributed by atoms with Crippen molar-refractivity contribution in [1.29, 1.82) is 0 Å². The number of amides is 1. The first-order valence-electron chi connectivity index (χ1n) is 12.7. The van der Waals surface area contributed by atoms with Crippen LogP contribution in [0.25, 0.3) is 11.5 Å². The highest BCUT2D eigenvalue weighted by molar-refractivity contribution is 9.10. The van der Waals surface area contributed by atoms with Gasteiger partial charge in [0.15, 0.2) is 0 Å². The molecular weight excluding hydrogens is 548 g/mol. The van der Waals surface area contributed by atoms with Crippen molar-refractivity contribution in [2.45, 2.75) is 30.8 Å². The van der Waals surface area contributed by atoms with Crippen molar-refractivity contribution in [2.24, 2.45) is 0 Å². The SMILES string of the molecule is O=C(N[C@H]1CCOc2cc(Br)ccc21)c1cccc(NC2(c3nnc(-c4ccncc4)o3)CCNCC2)c1. The molecule has 2 aromatic carbocycles. The van der Waals surface area contributed by atoms with Crippen molar-refractivity contribution in [3.05, 3.63) is 88.5 Å². The first kappa shape index (κ1) is 24.6. The van der Waals surface area contributed by atoms with E-state index in [0.29, 0.717) is 30.4 Å². The van der Waals surface area contributed by atoms with Gasteiger partial charge in [0.2, 0.25) is 11.8 Å². The Labute approximate surface area is 228 Å². The summed E-state index contributed by atoms with van der Waals surface area (Å²) >= 11 is 3.48. The van der Waals surface area contributed by atoms with Crippen LogP contribution >= 0.6 is 15.9 Å². The third-order valence-electron chi connectivity index (χ3n) is 7.05. The summed E-state index contributed by atoms with van der Waals surface area (Å²) in [6.07, 6.45) is 5.63. The number of carbonyl (C=O) groups is 1. The summed E-state index contributed by atoms with van der Waals surface area (Å²) in [4.78, 5) is 17.4. The Morgan fingerprint density at radius 3 is 2.74 bits per heavy atom. The van der Waals surface area contributed by atoms with Crippen molar-refractivity contribution in [3.8, 4) is 17.2 Å². The van der Waals surface area contributed by atoms with Crippen LogP contribution in [0.2, 0.25) is 0 Å². The molecule has 4 heterocycles. The minimum Gasteiger partial charge on any atom is -0.493 e. The van der Waals surface area contributed by atoms with Gasteiger partial charge in [-0.25, -0.2) is 0 Å². The summed E-state index contributed by atoms with van der Waals surface area (Å²) < 4.78 is 12.9. The molecule has 1 amide bonds. The molecule has 2 aliphatic rings. The highest BCUT2D eigenvalue weighted by Gasteiger charge is 2.39. The lowest BCUT2D eigenvalue weighted by Gasteiger charge is -2.36. The lowest BCUT2D eigenvalue weighted by Crippen LogP contribution is -2.45. The second kappa shape index (κ2) is 10.5. The van der Waals surface area contributed by atoms with Crippen LogP contribution in [0.4, 0.5) is 5.69 Å². The Hall–Kier alpha value is -3.76. The van der Waals surface area contributed by atoms with Gasteiger partial charge in [0.1, 0.15) is 11.3 Å². The van der Waals surface area contributed by atoms with Gasteiger partial charge in [-0.15, -0.1) is 10.2 Å². The van der Waals surface area contributed by atoms with E-state index in [-0.39, 0.29) is 11.9 Å². The number of ether oxygens (including phenoxy) is 1. The van der Waals surface area contributed by atoms with E-state index < -0.39 is 5.54 Å². The zero-order valence-corrected chi connectivity index (χ0v) is 22.2. The molecule has 1 atom stereocenters. The van der Waals surface area contributed by atoms with E-state index in [2.05, 4.69) is 47.1 Å². The summed E-state index contributed by atoms with van der Waals surface area (Å²) in [7, 11) is 0. The number of aromatic nitrogens is 3. The van der Waals surface area contributed by atoms with Crippen molar-refractivity contribution in [3.63, 3.8) is 0 Å². The molecule has 0 aliphatic carbocycles. The number of piperidine rings is 1. The summed E-state index contributed by atoms with van der Waals surface area (Å²) in [6, 6.07) is 17.0. The van der Waals surface area contributed by atoms with E-state index >= 15 is 0 Å². The summed E-state index contributed by atoms with van der Waals surface area (Å²) in [5.74, 6) is 1.65. The van der Waals surface area contributed by atoms with Gasteiger partial charge in [0.05, 0.1) is 12.6 Å². The first-order chi connectivity index (χ1) is 18.6. The van der Waals surface area contributed by atoms with Gasteiger partial charge < -0.3 is 25.1 Å². The Kier molecular flexibility index (Phi) is 6.82. The predicted molar refractivity (Wildman–Crippen MR) is 146 cm³/mol. The predicted octanol–water partition coefficient (Wildman–Crippen LogP) is 4.84. The maximum absolute atomic E-state index is 13.3. The number of halogens is 1. The number of carbonyl (C=O) groups excluding carboxylic acids is 1. The number of pyridine rings is 1. The third kappa shape index (κ3) is 5.01. The Morgan fingerprint density at radius 2 is 1.89 bits per heavy atom. The molecule has 38 heavy (non-hydrogen) atoms. The van der Waals surface area contributed by atoms with Gasteiger partial charge in [0, 0.05) is 45.7 Å². The zero-order chi connectivity index (χ0) is 26.0. The van der Waals surface area contributed by atoms with Crippen LogP contribution in [0.5, 0.6) is 5.75 Å². The maximum Gasteiger partial charge on any atom is 0.251 e. The second-order valence-electron chi connectivity index (χ2n) is 9.53. The smallest absolute Gasteiger partial charge is 0.251 e. The normalized spacial score (nSPS) is 18.2. The molecule has 10 heteroatoms. The molecule has 0 bridgehead atoms. The van der Waals surface area contributed by atoms with Crippen LogP contribution in [-0.4, -0.2) is 40.8 Å². The van der Waals surface area contributed by atoms with Gasteiger partial charge in [-0.05, 0) is 68.4 Å². The topological polar surface area (TPSA) is 114 Å². The van der Waals surface area contributed by atoms with E-state index in [9.17, 15) is 4.79 Å². The van der Waals surface area contributed by atoms with Gasteiger partial charge in [-0.2, -0.15) is 0 Å². The summed E-state index contributed by atoms with van der Waals surface area (Å²) in [6.45, 7) is 2.16. The Balaban J connectivity index is 1.23. The highest BCUT2D eigenvalue weighted by Crippen LogP contribution is 2.36. The second-order valence-corrected chi connectivity index (χ2v) is 10.4. The first-order valence-corrected chi connectivity index (χ1v) is 13.5. The number of hydrogen-bond acceptors (Lipinski definition) is 8. The lowest BCUT2D eigenvalue weighted by molar-refractivity contribution is 0.0925. The number of benzene rings is 2. The van der Waals surface area contributed by atoms with Gasteiger partial charge >= 0.3 is 0 Å². The molecule has 9 nitrogen and oxygen atoms in total. The molecular formula is C28H27BrN6O3. The van der Waals surface area contributed by atoms with Gasteiger partial charge in [0.25, 0.3) is 5.91 Å². The standard InChI is InChI=1S/C28H27BrN6O3/c29-20-4-5-22-23(8-15-37-24(22)17-20)32-25(36)19-2-1-3-21(16-19)33-28(9-13-31-14-10-28)27-35-34-26(38-27)18-6-11-30-12-7-18/h1-7,11-12,16-17,23,31,33H,8-10,13-15H2,(H,32,36)/t23-/m0/s1. The molecule has 6 rings (SSSR count). The average Bonchev–Trinajstić information content (AvgIpc) is 3.46. The minimum absolute atomic E-state index is 0.114. The molecule has 3 N–H and O–H groups in total. The van der Waals surface area contributed by atoms with E-state index in [1.54, 1.807) is 12.4 Å². The average molecular weight is 575 g/mol. The molecule has 0 spiro atoms. The van der Waals surface area contributed by atoms with Crippen molar-refractivity contribution < 1.29 is 13.9 Å². The van der Waals surface area contributed by atoms with Crippen LogP contribution < -0.4 is 20.7 Å². The largest absolute Gasteiger partial charge is 0.493 e. The fourth-order valence-electron chi connectivity index (χ4n) is 5.04. The van der Waals surface area contributed by atoms with Crippen LogP contribution in [-0.2, 0) is 5.54 Å². The number of rotatable bonds is 6. The van der Waals surface area contributed by atoms with E-state index in [1.165, 1.54) is 0 Å². The molecule has 2 aliphatic heterocycles. The molecule has 1 saturated heterocycles. The van der Waals surface area contributed by atoms with Crippen molar-refractivity contribution in [1.82, 2.24) is 25.8 Å². The van der Waals surface area contributed by atoms with Gasteiger partial charge in [-0.3, -0.25) is 9.78 Å². The quantitative estimate of drug-likeness (QED) is 0.300. The Bertz CT molecular complexity index is 1440. The highest BCUT2D eigenvalue weighted by atomic mass is 79.9. The Morgan fingerprint density at radius 1 is 1.05 bits per heavy atom. The molecule has 1 fully saturated rings. The number of hydrogen-bond donors (Lipinski definition) is 3. The fourth-order valence-corrected chi connectivity index (χ4v) is 5.38. The number of fused-ring (bicyclic) bond motifs is 1. The molecule has 194 valence electrons. The number of nitrogens with zero attached hydrogens (tertiary/aromatic N) is 3. The van der Waals surface area contributed by atoms with Crippen LogP contribution in [0.3, 0.4) is 0 Å². The summed E-state index contributed by atoms with van der Waals surface area (Å²) in [5, 5.41) is 19.0. The number of anilines is 1. The molecule has 2 aromatic heterocycles. The molecule has 0 saturated carbocycles. The van der Waals surface area contributed by atoms with Crippen LogP contribution in [0.15, 0.2) is 75.9 Å². The lowest BCUT2D eigenvalue weighted by atomic mass is 9.87. The molecule has 0 radical (unpaired) electrons. The van der Waals surface area contributed by atoms with Crippen molar-refractivity contribution in [2.75, 3.05) is 25.0 Å². The minimum atomic E-state index is -0.550. The van der Waals surface area contributed by atoms with Gasteiger partial charge in [-0.1, -0.05) is 28.1 Å². The fraction of sp³-hybridized carbons (Fsp3) is 0.286. The third-order valence-corrected chi connectivity index (χ3v) is 7.54. The van der Waals surface area contributed by atoms with Crippen molar-refractivity contribution >= 4 is 27.5 Å².